The molecular formula is C20H14ClN3O3S3. The molecule has 2 heterocycles. The number of hydrogen-bond donors (Lipinski definition) is 2. The number of nitrogens with one attached hydrogen (secondary N) is 2. The number of sulfonamides is 1. The van der Waals surface area contributed by atoms with Crippen LogP contribution in [-0.4, -0.2) is 19.3 Å². The lowest BCUT2D eigenvalue weighted by Gasteiger charge is -2.12. The molecule has 10 heteroatoms. The molecule has 0 saturated heterocycles. The molecule has 0 aliphatic carbocycles. The maximum Gasteiger partial charge on any atom is 0.261 e. The van der Waals surface area contributed by atoms with Gasteiger partial charge in [-0.1, -0.05) is 41.9 Å². The molecule has 0 saturated carbocycles. The van der Waals surface area contributed by atoms with Crippen molar-refractivity contribution in [3.05, 3.63) is 82.0 Å². The Morgan fingerprint density at radius 2 is 1.70 bits per heavy atom. The van der Waals surface area contributed by atoms with Crippen molar-refractivity contribution in [3.63, 3.8) is 0 Å². The molecule has 0 radical (unpaired) electrons. The molecule has 0 atom stereocenters. The van der Waals surface area contributed by atoms with Crippen LogP contribution in [0.3, 0.4) is 0 Å². The third kappa shape index (κ3) is 4.54. The SMILES string of the molecule is O=C(Nc1nc(-c2ccc(Cl)s2)cs1)c1ccccc1NS(=O)(=O)c1ccccc1. The van der Waals surface area contributed by atoms with Crippen LogP contribution in [0.2, 0.25) is 4.34 Å². The van der Waals surface area contributed by atoms with Crippen molar-refractivity contribution in [2.24, 2.45) is 0 Å². The van der Waals surface area contributed by atoms with Gasteiger partial charge in [-0.15, -0.1) is 22.7 Å². The van der Waals surface area contributed by atoms with Crippen LogP contribution in [0.5, 0.6) is 0 Å². The highest BCUT2D eigenvalue weighted by Crippen LogP contribution is 2.33. The van der Waals surface area contributed by atoms with Gasteiger partial charge in [-0.2, -0.15) is 0 Å². The Hall–Kier alpha value is -2.72. The summed E-state index contributed by atoms with van der Waals surface area (Å²) in [4.78, 5) is 18.2. The summed E-state index contributed by atoms with van der Waals surface area (Å²) in [5.41, 5.74) is 1.08. The number of para-hydroxylation sites is 1. The van der Waals surface area contributed by atoms with Gasteiger partial charge in [0.1, 0.15) is 0 Å². The minimum atomic E-state index is -3.83. The van der Waals surface area contributed by atoms with E-state index in [1.54, 1.807) is 42.5 Å². The van der Waals surface area contributed by atoms with Crippen LogP contribution in [-0.2, 0) is 10.0 Å². The summed E-state index contributed by atoms with van der Waals surface area (Å²) in [6, 6.07) is 18.0. The Kier molecular flexibility index (Phi) is 5.87. The summed E-state index contributed by atoms with van der Waals surface area (Å²) in [5.74, 6) is -0.466. The van der Waals surface area contributed by atoms with Crippen LogP contribution in [0.4, 0.5) is 10.8 Å². The molecule has 0 unspecified atom stereocenters. The van der Waals surface area contributed by atoms with E-state index in [1.165, 1.54) is 40.9 Å². The highest BCUT2D eigenvalue weighted by molar-refractivity contribution is 7.92. The quantitative estimate of drug-likeness (QED) is 0.381. The van der Waals surface area contributed by atoms with Crippen molar-refractivity contribution in [2.75, 3.05) is 10.0 Å². The molecular weight excluding hydrogens is 462 g/mol. The van der Waals surface area contributed by atoms with Crippen molar-refractivity contribution in [1.82, 2.24) is 4.98 Å². The predicted octanol–water partition coefficient (Wildman–Crippen LogP) is 5.58. The van der Waals surface area contributed by atoms with Crippen molar-refractivity contribution < 1.29 is 13.2 Å². The number of halogens is 1. The Bertz CT molecular complexity index is 1300. The fraction of sp³-hybridized carbons (Fsp3) is 0. The topological polar surface area (TPSA) is 88.2 Å². The van der Waals surface area contributed by atoms with Crippen molar-refractivity contribution in [1.29, 1.82) is 0 Å². The van der Waals surface area contributed by atoms with Gasteiger partial charge >= 0.3 is 0 Å². The van der Waals surface area contributed by atoms with Gasteiger partial charge in [0.15, 0.2) is 5.13 Å². The van der Waals surface area contributed by atoms with Crippen molar-refractivity contribution in [3.8, 4) is 10.6 Å². The molecule has 0 aliphatic rings. The molecule has 4 aromatic rings. The lowest BCUT2D eigenvalue weighted by molar-refractivity contribution is 0.102. The van der Waals surface area contributed by atoms with E-state index in [0.29, 0.717) is 15.2 Å². The number of thiophene rings is 1. The summed E-state index contributed by atoms with van der Waals surface area (Å²) >= 11 is 8.63. The Morgan fingerprint density at radius 1 is 0.967 bits per heavy atom. The number of benzene rings is 2. The number of carbonyl (C=O) groups excluding carboxylic acids is 1. The van der Waals surface area contributed by atoms with Crippen LogP contribution in [0, 0.1) is 0 Å². The summed E-state index contributed by atoms with van der Waals surface area (Å²) < 4.78 is 28.4. The third-order valence-electron chi connectivity index (χ3n) is 4.02. The molecule has 152 valence electrons. The summed E-state index contributed by atoms with van der Waals surface area (Å²) in [6.07, 6.45) is 0. The second-order valence-electron chi connectivity index (χ2n) is 6.06. The number of nitrogens with zero attached hydrogens (tertiary/aromatic N) is 1. The van der Waals surface area contributed by atoms with E-state index in [1.807, 2.05) is 11.4 Å². The fourth-order valence-electron chi connectivity index (χ4n) is 2.63. The first-order valence-corrected chi connectivity index (χ1v) is 12.2. The van der Waals surface area contributed by atoms with Crippen LogP contribution in [0.25, 0.3) is 10.6 Å². The predicted molar refractivity (Wildman–Crippen MR) is 122 cm³/mol. The number of anilines is 2. The molecule has 6 nitrogen and oxygen atoms in total. The zero-order chi connectivity index (χ0) is 21.1. The van der Waals surface area contributed by atoms with Crippen molar-refractivity contribution in [2.45, 2.75) is 4.90 Å². The summed E-state index contributed by atoms with van der Waals surface area (Å²) in [7, 11) is -3.83. The lowest BCUT2D eigenvalue weighted by atomic mass is 10.2. The first-order valence-electron chi connectivity index (χ1n) is 8.62. The largest absolute Gasteiger partial charge is 0.298 e. The minimum Gasteiger partial charge on any atom is -0.298 e. The van der Waals surface area contributed by atoms with Gasteiger partial charge in [-0.3, -0.25) is 14.8 Å². The highest BCUT2D eigenvalue weighted by atomic mass is 35.5. The van der Waals surface area contributed by atoms with Gasteiger partial charge in [-0.25, -0.2) is 13.4 Å². The van der Waals surface area contributed by atoms with Crippen LogP contribution >= 0.6 is 34.3 Å². The standard InChI is InChI=1S/C20H14ClN3O3S3/c21-18-11-10-17(29-18)16-12-28-20(22-16)23-19(25)14-8-4-5-9-15(14)24-30(26,27)13-6-2-1-3-7-13/h1-12,24H,(H,22,23,25). The monoisotopic (exact) mass is 475 g/mol. The van der Waals surface area contributed by atoms with E-state index in [0.717, 1.165) is 4.88 Å². The Morgan fingerprint density at radius 3 is 2.43 bits per heavy atom. The number of hydrogen-bond acceptors (Lipinski definition) is 6. The second kappa shape index (κ2) is 8.57. The molecule has 0 fully saturated rings. The second-order valence-corrected chi connectivity index (χ2v) is 10.3. The third-order valence-corrected chi connectivity index (χ3v) is 7.41. The fourth-order valence-corrected chi connectivity index (χ4v) is 5.52. The molecule has 30 heavy (non-hydrogen) atoms. The van der Waals surface area contributed by atoms with E-state index in [2.05, 4.69) is 15.0 Å². The van der Waals surface area contributed by atoms with Gasteiger partial charge < -0.3 is 0 Å². The van der Waals surface area contributed by atoms with E-state index in [9.17, 15) is 13.2 Å². The van der Waals surface area contributed by atoms with Gasteiger partial charge in [0.2, 0.25) is 0 Å². The smallest absolute Gasteiger partial charge is 0.261 e. The van der Waals surface area contributed by atoms with Crippen molar-refractivity contribution >= 4 is 61.0 Å². The Balaban J connectivity index is 1.55. The van der Waals surface area contributed by atoms with Gasteiger partial charge in [0, 0.05) is 5.38 Å². The summed E-state index contributed by atoms with van der Waals surface area (Å²) in [5, 5.41) is 4.95. The zero-order valence-corrected chi connectivity index (χ0v) is 18.4. The average Bonchev–Trinajstić information content (AvgIpc) is 3.37. The number of aromatic nitrogens is 1. The van der Waals surface area contributed by atoms with Gasteiger partial charge in [0.05, 0.1) is 31.1 Å². The average molecular weight is 476 g/mol. The molecule has 0 aliphatic heterocycles. The number of rotatable bonds is 6. The van der Waals surface area contributed by atoms with E-state index in [-0.39, 0.29) is 16.1 Å². The molecule has 4 rings (SSSR count). The molecule has 2 aromatic heterocycles. The molecule has 0 spiro atoms. The van der Waals surface area contributed by atoms with E-state index < -0.39 is 15.9 Å². The normalized spacial score (nSPS) is 11.2. The molecule has 1 amide bonds. The Labute approximate surface area is 186 Å². The minimum absolute atomic E-state index is 0.111. The maximum atomic E-state index is 12.8. The maximum absolute atomic E-state index is 12.8. The van der Waals surface area contributed by atoms with Crippen LogP contribution in [0.1, 0.15) is 10.4 Å². The lowest BCUT2D eigenvalue weighted by Crippen LogP contribution is -2.18. The first-order chi connectivity index (χ1) is 14.4. The van der Waals surface area contributed by atoms with Crippen LogP contribution in [0.15, 0.2) is 77.0 Å². The van der Waals surface area contributed by atoms with E-state index in [4.69, 9.17) is 11.6 Å². The molecule has 2 aromatic carbocycles. The first kappa shape index (κ1) is 20.5. The number of carbonyl (C=O) groups is 1. The highest BCUT2D eigenvalue weighted by Gasteiger charge is 2.19. The van der Waals surface area contributed by atoms with E-state index >= 15 is 0 Å². The summed E-state index contributed by atoms with van der Waals surface area (Å²) in [6.45, 7) is 0. The van der Waals surface area contributed by atoms with Gasteiger partial charge in [0.25, 0.3) is 15.9 Å². The number of thiazole rings is 1. The molecule has 2 N–H and O–H groups in total. The zero-order valence-electron chi connectivity index (χ0n) is 15.2. The molecule has 0 bridgehead atoms. The van der Waals surface area contributed by atoms with Crippen LogP contribution < -0.4 is 10.0 Å². The van der Waals surface area contributed by atoms with Gasteiger partial charge in [-0.05, 0) is 36.4 Å². The number of amides is 1.